The number of benzene rings is 1. The minimum atomic E-state index is -0.231. The maximum Gasteiger partial charge on any atom is 0.126 e. The summed E-state index contributed by atoms with van der Waals surface area (Å²) in [6, 6.07) is 5.36. The lowest BCUT2D eigenvalue weighted by molar-refractivity contribution is 0.479. The lowest BCUT2D eigenvalue weighted by atomic mass is 10.1. The van der Waals surface area contributed by atoms with Crippen LogP contribution >= 0.6 is 0 Å². The Morgan fingerprint density at radius 3 is 2.78 bits per heavy atom. The Morgan fingerprint density at radius 1 is 1.44 bits per heavy atom. The van der Waals surface area contributed by atoms with E-state index < -0.39 is 0 Å². The van der Waals surface area contributed by atoms with Gasteiger partial charge in [0, 0.05) is 17.8 Å². The Hall–Kier alpha value is -1.84. The Balaban J connectivity index is 2.44. The van der Waals surface area contributed by atoms with Crippen LogP contribution < -0.4 is 5.73 Å². The number of rotatable bonds is 3. The van der Waals surface area contributed by atoms with Crippen molar-refractivity contribution in [3.8, 4) is 11.3 Å². The molecule has 0 aliphatic heterocycles. The number of nitrogens with zero attached hydrogens (tertiary/aromatic N) is 2. The number of hydrogen-bond donors (Lipinski definition) is 1. The lowest BCUT2D eigenvalue weighted by Crippen LogP contribution is -2.04. The van der Waals surface area contributed by atoms with Crippen LogP contribution in [0.2, 0.25) is 0 Å². The molecule has 0 aliphatic rings. The SMILES string of the molecule is CCC(C)n1cc(N)c(-c2ccc(C)c(F)c2)n1. The van der Waals surface area contributed by atoms with Crippen molar-refractivity contribution in [2.24, 2.45) is 0 Å². The van der Waals surface area contributed by atoms with Crippen molar-refractivity contribution in [2.45, 2.75) is 33.2 Å². The molecule has 1 atom stereocenters. The van der Waals surface area contributed by atoms with Crippen LogP contribution in [0.3, 0.4) is 0 Å². The highest BCUT2D eigenvalue weighted by Crippen LogP contribution is 2.27. The Kier molecular flexibility index (Phi) is 3.36. The van der Waals surface area contributed by atoms with Crippen molar-refractivity contribution in [3.63, 3.8) is 0 Å². The average molecular weight is 247 g/mol. The van der Waals surface area contributed by atoms with Gasteiger partial charge in [-0.25, -0.2) is 4.39 Å². The highest BCUT2D eigenvalue weighted by Gasteiger charge is 2.12. The van der Waals surface area contributed by atoms with Crippen molar-refractivity contribution in [2.75, 3.05) is 5.73 Å². The van der Waals surface area contributed by atoms with E-state index in [9.17, 15) is 4.39 Å². The van der Waals surface area contributed by atoms with Crippen molar-refractivity contribution in [3.05, 3.63) is 35.8 Å². The zero-order chi connectivity index (χ0) is 13.3. The van der Waals surface area contributed by atoms with Crippen LogP contribution in [0, 0.1) is 12.7 Å². The molecule has 0 aliphatic carbocycles. The van der Waals surface area contributed by atoms with Gasteiger partial charge >= 0.3 is 0 Å². The molecular weight excluding hydrogens is 229 g/mol. The smallest absolute Gasteiger partial charge is 0.126 e. The third-order valence-electron chi connectivity index (χ3n) is 3.25. The summed E-state index contributed by atoms with van der Waals surface area (Å²) in [5, 5.41) is 4.45. The van der Waals surface area contributed by atoms with Gasteiger partial charge in [0.15, 0.2) is 0 Å². The van der Waals surface area contributed by atoms with Crippen LogP contribution in [0.5, 0.6) is 0 Å². The second-order valence-electron chi connectivity index (χ2n) is 4.63. The molecule has 0 saturated carbocycles. The Labute approximate surface area is 106 Å². The molecule has 1 heterocycles. The predicted molar refractivity (Wildman–Crippen MR) is 71.8 cm³/mol. The van der Waals surface area contributed by atoms with Gasteiger partial charge in [-0.15, -0.1) is 0 Å². The van der Waals surface area contributed by atoms with Gasteiger partial charge in [-0.2, -0.15) is 5.10 Å². The summed E-state index contributed by atoms with van der Waals surface area (Å²) in [6.45, 7) is 5.90. The molecule has 96 valence electrons. The Bertz CT molecular complexity index is 560. The van der Waals surface area contributed by atoms with Gasteiger partial charge in [0.1, 0.15) is 11.5 Å². The maximum atomic E-state index is 13.6. The van der Waals surface area contributed by atoms with Crippen molar-refractivity contribution >= 4 is 5.69 Å². The molecule has 2 aromatic rings. The van der Waals surface area contributed by atoms with E-state index in [1.807, 2.05) is 10.7 Å². The fourth-order valence-electron chi connectivity index (χ4n) is 1.78. The van der Waals surface area contributed by atoms with Crippen LogP contribution in [0.15, 0.2) is 24.4 Å². The molecule has 18 heavy (non-hydrogen) atoms. The molecule has 0 saturated heterocycles. The van der Waals surface area contributed by atoms with Crippen LogP contribution in [0.4, 0.5) is 10.1 Å². The van der Waals surface area contributed by atoms with E-state index in [1.165, 1.54) is 6.07 Å². The van der Waals surface area contributed by atoms with Crippen LogP contribution in [-0.2, 0) is 0 Å². The molecule has 4 heteroatoms. The largest absolute Gasteiger partial charge is 0.396 e. The predicted octanol–water partition coefficient (Wildman–Crippen LogP) is 3.55. The van der Waals surface area contributed by atoms with E-state index >= 15 is 0 Å². The Morgan fingerprint density at radius 2 is 2.17 bits per heavy atom. The molecule has 0 fully saturated rings. The summed E-state index contributed by atoms with van der Waals surface area (Å²) in [6.07, 6.45) is 2.78. The fraction of sp³-hybridized carbons (Fsp3) is 0.357. The van der Waals surface area contributed by atoms with Crippen LogP contribution in [0.25, 0.3) is 11.3 Å². The highest BCUT2D eigenvalue weighted by atomic mass is 19.1. The first-order valence-electron chi connectivity index (χ1n) is 6.14. The van der Waals surface area contributed by atoms with E-state index in [0.717, 1.165) is 12.0 Å². The number of nitrogen functional groups attached to an aromatic ring is 1. The van der Waals surface area contributed by atoms with Gasteiger partial charge in [0.25, 0.3) is 0 Å². The quantitative estimate of drug-likeness (QED) is 0.901. The van der Waals surface area contributed by atoms with Gasteiger partial charge in [0.2, 0.25) is 0 Å². The van der Waals surface area contributed by atoms with Gasteiger partial charge in [-0.3, -0.25) is 4.68 Å². The van der Waals surface area contributed by atoms with Gasteiger partial charge in [-0.1, -0.05) is 19.1 Å². The third kappa shape index (κ3) is 2.23. The molecule has 3 nitrogen and oxygen atoms in total. The summed E-state index contributed by atoms with van der Waals surface area (Å²) in [7, 11) is 0. The first-order chi connectivity index (χ1) is 8.52. The first-order valence-corrected chi connectivity index (χ1v) is 6.14. The molecule has 0 spiro atoms. The molecule has 1 aromatic carbocycles. The van der Waals surface area contributed by atoms with Crippen molar-refractivity contribution in [1.29, 1.82) is 0 Å². The number of halogens is 1. The summed E-state index contributed by atoms with van der Waals surface area (Å²) in [5.41, 5.74) is 8.52. The zero-order valence-corrected chi connectivity index (χ0v) is 10.9. The normalized spacial score (nSPS) is 12.7. The standard InChI is InChI=1S/C14H18FN3/c1-4-10(3)18-8-13(16)14(17-18)11-6-5-9(2)12(15)7-11/h5-8,10H,4,16H2,1-3H3. The summed E-state index contributed by atoms with van der Waals surface area (Å²) in [4.78, 5) is 0. The minimum Gasteiger partial charge on any atom is -0.396 e. The maximum absolute atomic E-state index is 13.6. The third-order valence-corrected chi connectivity index (χ3v) is 3.25. The van der Waals surface area contributed by atoms with Crippen LogP contribution in [-0.4, -0.2) is 9.78 Å². The molecule has 0 amide bonds. The van der Waals surface area contributed by atoms with E-state index in [1.54, 1.807) is 19.2 Å². The number of anilines is 1. The van der Waals surface area contributed by atoms with Crippen molar-refractivity contribution in [1.82, 2.24) is 9.78 Å². The molecular formula is C14H18FN3. The molecule has 1 unspecified atom stereocenters. The fourth-order valence-corrected chi connectivity index (χ4v) is 1.78. The zero-order valence-electron chi connectivity index (χ0n) is 10.9. The second-order valence-corrected chi connectivity index (χ2v) is 4.63. The van der Waals surface area contributed by atoms with E-state index in [0.29, 0.717) is 16.9 Å². The minimum absolute atomic E-state index is 0.231. The summed E-state index contributed by atoms with van der Waals surface area (Å²) in [5.74, 6) is -0.231. The number of hydrogen-bond acceptors (Lipinski definition) is 2. The molecule has 0 radical (unpaired) electrons. The summed E-state index contributed by atoms with van der Waals surface area (Å²) >= 11 is 0. The highest BCUT2D eigenvalue weighted by molar-refractivity contribution is 5.72. The van der Waals surface area contributed by atoms with E-state index in [4.69, 9.17) is 5.73 Å². The summed E-state index contributed by atoms with van der Waals surface area (Å²) < 4.78 is 15.4. The van der Waals surface area contributed by atoms with Gasteiger partial charge in [0.05, 0.1) is 5.69 Å². The molecule has 2 N–H and O–H groups in total. The monoisotopic (exact) mass is 247 g/mol. The lowest BCUT2D eigenvalue weighted by Gasteiger charge is -2.07. The number of nitrogens with two attached hydrogens (primary N) is 1. The van der Waals surface area contributed by atoms with E-state index in [-0.39, 0.29) is 11.9 Å². The molecule has 0 bridgehead atoms. The molecule has 2 rings (SSSR count). The average Bonchev–Trinajstić information content (AvgIpc) is 2.74. The van der Waals surface area contributed by atoms with Crippen LogP contribution in [0.1, 0.15) is 31.9 Å². The van der Waals surface area contributed by atoms with Gasteiger partial charge in [-0.05, 0) is 31.9 Å². The topological polar surface area (TPSA) is 43.8 Å². The number of aromatic nitrogens is 2. The van der Waals surface area contributed by atoms with Crippen molar-refractivity contribution < 1.29 is 4.39 Å². The second kappa shape index (κ2) is 4.80. The molecule has 1 aromatic heterocycles. The first kappa shape index (κ1) is 12.6. The van der Waals surface area contributed by atoms with E-state index in [2.05, 4.69) is 18.9 Å². The van der Waals surface area contributed by atoms with Gasteiger partial charge < -0.3 is 5.73 Å². The number of aryl methyl sites for hydroxylation is 1.